The van der Waals surface area contributed by atoms with Crippen LogP contribution < -0.4 is 0 Å². The van der Waals surface area contributed by atoms with Crippen molar-refractivity contribution in [1.29, 1.82) is 0 Å². The lowest BCUT2D eigenvalue weighted by molar-refractivity contribution is -0.167. The molecular weight excluding hydrogens is 781 g/mol. The van der Waals surface area contributed by atoms with Crippen molar-refractivity contribution in [3.05, 3.63) is 0 Å². The second-order valence-corrected chi connectivity index (χ2v) is 20.5. The highest BCUT2D eigenvalue weighted by Gasteiger charge is 2.19. The SMILES string of the molecule is CCCCCCCCCCCCCCCCCCC(=O)O[C@@H](COC(=O)CCCCCCCCCCCCCCCC(C)C)COC(=O)CCCCCCCCCCCCC(C)C. The molecule has 0 rings (SSSR count). The van der Waals surface area contributed by atoms with Gasteiger partial charge in [0.05, 0.1) is 0 Å². The molecule has 0 aromatic heterocycles. The van der Waals surface area contributed by atoms with E-state index in [1.165, 1.54) is 205 Å². The Morgan fingerprint density at radius 3 is 0.778 bits per heavy atom. The molecule has 63 heavy (non-hydrogen) atoms. The minimum Gasteiger partial charge on any atom is -0.462 e. The van der Waals surface area contributed by atoms with Crippen molar-refractivity contribution in [2.75, 3.05) is 13.2 Å². The molecule has 6 heteroatoms. The quantitative estimate of drug-likeness (QED) is 0.0344. The Balaban J connectivity index is 4.30. The van der Waals surface area contributed by atoms with Crippen molar-refractivity contribution in [1.82, 2.24) is 0 Å². The van der Waals surface area contributed by atoms with E-state index in [1.807, 2.05) is 0 Å². The summed E-state index contributed by atoms with van der Waals surface area (Å²) in [4.78, 5) is 38.1. The van der Waals surface area contributed by atoms with Gasteiger partial charge in [-0.15, -0.1) is 0 Å². The molecule has 0 heterocycles. The number of ether oxygens (including phenoxy) is 3. The molecule has 0 N–H and O–H groups in total. The van der Waals surface area contributed by atoms with Crippen LogP contribution in [-0.4, -0.2) is 37.2 Å². The Morgan fingerprint density at radius 1 is 0.302 bits per heavy atom. The molecule has 0 aliphatic rings. The van der Waals surface area contributed by atoms with Crippen molar-refractivity contribution in [2.45, 2.75) is 323 Å². The van der Waals surface area contributed by atoms with Crippen LogP contribution in [0.5, 0.6) is 0 Å². The number of hydrogen-bond donors (Lipinski definition) is 0. The van der Waals surface area contributed by atoms with E-state index < -0.39 is 6.10 Å². The highest BCUT2D eigenvalue weighted by Crippen LogP contribution is 2.18. The van der Waals surface area contributed by atoms with E-state index >= 15 is 0 Å². The van der Waals surface area contributed by atoms with Crippen molar-refractivity contribution in [2.24, 2.45) is 11.8 Å². The van der Waals surface area contributed by atoms with Crippen LogP contribution in [0.4, 0.5) is 0 Å². The van der Waals surface area contributed by atoms with Crippen LogP contribution in [-0.2, 0) is 28.6 Å². The van der Waals surface area contributed by atoms with Crippen molar-refractivity contribution >= 4 is 17.9 Å². The predicted octanol–water partition coefficient (Wildman–Crippen LogP) is 18.5. The number of hydrogen-bond acceptors (Lipinski definition) is 6. The molecule has 0 fully saturated rings. The topological polar surface area (TPSA) is 78.9 Å². The summed E-state index contributed by atoms with van der Waals surface area (Å²) in [7, 11) is 0. The van der Waals surface area contributed by atoms with Gasteiger partial charge in [0.25, 0.3) is 0 Å². The lowest BCUT2D eigenvalue weighted by Gasteiger charge is -2.18. The van der Waals surface area contributed by atoms with Crippen LogP contribution >= 0.6 is 0 Å². The Morgan fingerprint density at radius 2 is 0.524 bits per heavy atom. The van der Waals surface area contributed by atoms with Crippen molar-refractivity contribution in [3.63, 3.8) is 0 Å². The van der Waals surface area contributed by atoms with E-state index in [4.69, 9.17) is 14.2 Å². The van der Waals surface area contributed by atoms with Crippen LogP contribution in [0.25, 0.3) is 0 Å². The fourth-order valence-electron chi connectivity index (χ4n) is 8.70. The molecule has 0 aromatic carbocycles. The van der Waals surface area contributed by atoms with Gasteiger partial charge < -0.3 is 14.2 Å². The van der Waals surface area contributed by atoms with Gasteiger partial charge in [-0.3, -0.25) is 14.4 Å². The van der Waals surface area contributed by atoms with Crippen LogP contribution in [0.15, 0.2) is 0 Å². The molecule has 374 valence electrons. The average molecular weight is 892 g/mol. The summed E-state index contributed by atoms with van der Waals surface area (Å²) >= 11 is 0. The van der Waals surface area contributed by atoms with Gasteiger partial charge in [-0.1, -0.05) is 279 Å². The number of unbranched alkanes of at least 4 members (excludes halogenated alkanes) is 36. The van der Waals surface area contributed by atoms with E-state index in [0.717, 1.165) is 69.6 Å². The fraction of sp³-hybridized carbons (Fsp3) is 0.947. The van der Waals surface area contributed by atoms with Gasteiger partial charge in [-0.05, 0) is 31.1 Å². The first-order chi connectivity index (χ1) is 30.7. The minimum atomic E-state index is -0.762. The summed E-state index contributed by atoms with van der Waals surface area (Å²) < 4.78 is 16.9. The van der Waals surface area contributed by atoms with Gasteiger partial charge in [0.2, 0.25) is 0 Å². The molecule has 6 nitrogen and oxygen atoms in total. The maximum atomic E-state index is 12.8. The molecule has 1 atom stereocenters. The average Bonchev–Trinajstić information content (AvgIpc) is 3.25. The van der Waals surface area contributed by atoms with E-state index in [2.05, 4.69) is 34.6 Å². The summed E-state index contributed by atoms with van der Waals surface area (Å²) in [6.07, 6.45) is 52.3. The maximum Gasteiger partial charge on any atom is 0.306 e. The molecule has 0 aliphatic heterocycles. The zero-order valence-corrected chi connectivity index (χ0v) is 43.2. The van der Waals surface area contributed by atoms with Gasteiger partial charge in [-0.25, -0.2) is 0 Å². The Hall–Kier alpha value is -1.59. The Kier molecular flexibility index (Phi) is 48.6. The molecule has 0 aromatic rings. The molecule has 0 saturated carbocycles. The van der Waals surface area contributed by atoms with Crippen molar-refractivity contribution < 1.29 is 28.6 Å². The molecule has 0 radical (unpaired) electrons. The standard InChI is InChI=1S/C57H110O6/c1-6-7-8-9-10-11-12-13-14-15-18-22-29-34-39-44-49-57(60)63-54(51-62-56(59)48-43-38-33-28-24-23-26-31-36-41-46-53(4)5)50-61-55(58)47-42-37-32-27-21-19-16-17-20-25-30-35-40-45-52(2)3/h52-54H,6-51H2,1-5H3/t54-/m0/s1. The number of carbonyl (C=O) groups excluding carboxylic acids is 3. The first-order valence-electron chi connectivity index (χ1n) is 28.2. The molecular formula is C57H110O6. The molecule has 0 aliphatic carbocycles. The molecule has 0 saturated heterocycles. The second-order valence-electron chi connectivity index (χ2n) is 20.5. The highest BCUT2D eigenvalue weighted by molar-refractivity contribution is 5.71. The summed E-state index contributed by atoms with van der Waals surface area (Å²) in [6.45, 7) is 11.4. The van der Waals surface area contributed by atoms with Crippen LogP contribution in [0.1, 0.15) is 317 Å². The minimum absolute atomic E-state index is 0.0630. The second kappa shape index (κ2) is 49.8. The van der Waals surface area contributed by atoms with E-state index in [9.17, 15) is 14.4 Å². The van der Waals surface area contributed by atoms with E-state index in [1.54, 1.807) is 0 Å². The van der Waals surface area contributed by atoms with Gasteiger partial charge in [0.1, 0.15) is 13.2 Å². The third-order valence-corrected chi connectivity index (χ3v) is 13.0. The molecule has 0 bridgehead atoms. The smallest absolute Gasteiger partial charge is 0.306 e. The van der Waals surface area contributed by atoms with Crippen LogP contribution in [0.2, 0.25) is 0 Å². The normalized spacial score (nSPS) is 12.0. The lowest BCUT2D eigenvalue weighted by atomic mass is 10.0. The van der Waals surface area contributed by atoms with Gasteiger partial charge in [0, 0.05) is 19.3 Å². The zero-order valence-electron chi connectivity index (χ0n) is 43.2. The third-order valence-electron chi connectivity index (χ3n) is 13.0. The first-order valence-corrected chi connectivity index (χ1v) is 28.2. The summed E-state index contributed by atoms with van der Waals surface area (Å²) in [5, 5.41) is 0. The summed E-state index contributed by atoms with van der Waals surface area (Å²) in [5.41, 5.74) is 0. The van der Waals surface area contributed by atoms with Gasteiger partial charge in [-0.2, -0.15) is 0 Å². The predicted molar refractivity (Wildman–Crippen MR) is 270 cm³/mol. The van der Waals surface area contributed by atoms with Crippen LogP contribution in [0, 0.1) is 11.8 Å². The maximum absolute atomic E-state index is 12.8. The molecule has 0 amide bonds. The van der Waals surface area contributed by atoms with Gasteiger partial charge >= 0.3 is 17.9 Å². The highest BCUT2D eigenvalue weighted by atomic mass is 16.6. The largest absolute Gasteiger partial charge is 0.462 e. The van der Waals surface area contributed by atoms with E-state index in [0.29, 0.717) is 19.3 Å². The first kappa shape index (κ1) is 61.4. The Labute approximate surface area is 393 Å². The number of esters is 3. The molecule has 0 spiro atoms. The van der Waals surface area contributed by atoms with Crippen LogP contribution in [0.3, 0.4) is 0 Å². The van der Waals surface area contributed by atoms with Gasteiger partial charge in [0.15, 0.2) is 6.10 Å². The summed E-state index contributed by atoms with van der Waals surface area (Å²) in [6, 6.07) is 0. The third kappa shape index (κ3) is 51.3. The summed E-state index contributed by atoms with van der Waals surface area (Å²) in [5.74, 6) is 0.817. The monoisotopic (exact) mass is 891 g/mol. The van der Waals surface area contributed by atoms with Crippen molar-refractivity contribution in [3.8, 4) is 0 Å². The number of rotatable bonds is 51. The lowest BCUT2D eigenvalue weighted by Crippen LogP contribution is -2.30. The Bertz CT molecular complexity index is 962. The zero-order chi connectivity index (χ0) is 46.1. The van der Waals surface area contributed by atoms with E-state index in [-0.39, 0.29) is 31.1 Å². The fourth-order valence-corrected chi connectivity index (χ4v) is 8.70. The molecule has 0 unspecified atom stereocenters. The number of carbonyl (C=O) groups is 3.